The van der Waals surface area contributed by atoms with E-state index in [1.165, 1.54) is 0 Å². The van der Waals surface area contributed by atoms with Crippen LogP contribution in [0.3, 0.4) is 0 Å². The topological polar surface area (TPSA) is 118 Å². The number of aliphatic hydroxyl groups excluding tert-OH is 2. The van der Waals surface area contributed by atoms with E-state index in [2.05, 4.69) is 5.32 Å². The molecule has 3 aromatic carbocycles. The zero-order chi connectivity index (χ0) is 29.6. The van der Waals surface area contributed by atoms with Crippen LogP contribution in [0.15, 0.2) is 84.4 Å². The molecule has 0 saturated heterocycles. The van der Waals surface area contributed by atoms with Gasteiger partial charge in [-0.3, -0.25) is 9.59 Å². The van der Waals surface area contributed by atoms with Crippen molar-refractivity contribution in [2.24, 2.45) is 0 Å². The molecule has 1 heterocycles. The molecule has 2 aliphatic rings. The summed E-state index contributed by atoms with van der Waals surface area (Å²) in [7, 11) is 3.17. The van der Waals surface area contributed by atoms with Crippen LogP contribution in [-0.4, -0.2) is 79.1 Å². The predicted molar refractivity (Wildman–Crippen MR) is 157 cm³/mol. The van der Waals surface area contributed by atoms with Crippen LogP contribution in [0.4, 0.5) is 0 Å². The molecular weight excluding hydrogens is 536 g/mol. The fraction of sp³-hybridized carbons (Fsp3) is 0.333. The summed E-state index contributed by atoms with van der Waals surface area (Å²) in [6.07, 6.45) is 0.345. The summed E-state index contributed by atoms with van der Waals surface area (Å²) < 4.78 is 17.2. The molecule has 0 radical (unpaired) electrons. The Kier molecular flexibility index (Phi) is 9.09. The van der Waals surface area contributed by atoms with Crippen molar-refractivity contribution >= 4 is 11.8 Å². The lowest BCUT2D eigenvalue weighted by molar-refractivity contribution is -0.136. The Morgan fingerprint density at radius 1 is 1.00 bits per heavy atom. The zero-order valence-corrected chi connectivity index (χ0v) is 23.7. The average Bonchev–Trinajstić information content (AvgIpc) is 3.41. The van der Waals surface area contributed by atoms with Gasteiger partial charge in [0.05, 0.1) is 39.2 Å². The molecule has 3 N–H and O–H groups in total. The summed E-state index contributed by atoms with van der Waals surface area (Å²) in [5.41, 5.74) is 2.87. The van der Waals surface area contributed by atoms with Crippen LogP contribution in [0.5, 0.6) is 17.2 Å². The number of aliphatic hydroxyl groups is 2. The number of para-hydroxylation sites is 1. The zero-order valence-electron chi connectivity index (χ0n) is 23.7. The van der Waals surface area contributed by atoms with Gasteiger partial charge in [-0.05, 0) is 47.9 Å². The molecule has 0 bridgehead atoms. The maximum atomic E-state index is 14.0. The lowest BCUT2D eigenvalue weighted by Gasteiger charge is -2.41. The number of benzene rings is 3. The molecule has 1 aliphatic carbocycles. The van der Waals surface area contributed by atoms with Crippen molar-refractivity contribution in [2.45, 2.75) is 37.0 Å². The van der Waals surface area contributed by atoms with Gasteiger partial charge in [0.2, 0.25) is 11.8 Å². The predicted octanol–water partition coefficient (Wildman–Crippen LogP) is 2.64. The van der Waals surface area contributed by atoms with Crippen LogP contribution in [0.2, 0.25) is 0 Å². The Bertz CT molecular complexity index is 1440. The van der Waals surface area contributed by atoms with Gasteiger partial charge in [-0.25, -0.2) is 0 Å². The summed E-state index contributed by atoms with van der Waals surface area (Å²) in [4.78, 5) is 29.0. The van der Waals surface area contributed by atoms with E-state index in [0.29, 0.717) is 29.2 Å². The van der Waals surface area contributed by atoms with Gasteiger partial charge < -0.3 is 34.6 Å². The Hall–Kier alpha value is -4.34. The van der Waals surface area contributed by atoms with Crippen molar-refractivity contribution in [1.29, 1.82) is 0 Å². The fourth-order valence-electron chi connectivity index (χ4n) is 5.82. The molecule has 1 aliphatic heterocycles. The largest absolute Gasteiger partial charge is 0.497 e. The van der Waals surface area contributed by atoms with E-state index < -0.39 is 24.2 Å². The highest BCUT2D eigenvalue weighted by molar-refractivity contribution is 5.96. The quantitative estimate of drug-likeness (QED) is 0.323. The van der Waals surface area contributed by atoms with Gasteiger partial charge in [0, 0.05) is 24.2 Å². The summed E-state index contributed by atoms with van der Waals surface area (Å²) in [5.74, 6) is 0.818. The first-order chi connectivity index (χ1) is 20.4. The van der Waals surface area contributed by atoms with Gasteiger partial charge in [-0.2, -0.15) is 0 Å². The van der Waals surface area contributed by atoms with Gasteiger partial charge in [0.1, 0.15) is 29.5 Å². The monoisotopic (exact) mass is 572 g/mol. The lowest BCUT2D eigenvalue weighted by atomic mass is 9.77. The van der Waals surface area contributed by atoms with Gasteiger partial charge in [-0.1, -0.05) is 48.5 Å². The van der Waals surface area contributed by atoms with E-state index >= 15 is 0 Å². The fourth-order valence-corrected chi connectivity index (χ4v) is 5.82. The molecule has 0 fully saturated rings. The second kappa shape index (κ2) is 13.1. The van der Waals surface area contributed by atoms with Crippen molar-refractivity contribution in [2.75, 3.05) is 33.9 Å². The maximum absolute atomic E-state index is 14.0. The number of rotatable bonds is 11. The van der Waals surface area contributed by atoms with Crippen molar-refractivity contribution in [3.63, 3.8) is 0 Å². The highest BCUT2D eigenvalue weighted by Crippen LogP contribution is 2.47. The minimum Gasteiger partial charge on any atom is -0.497 e. The smallest absolute Gasteiger partial charge is 0.247 e. The third kappa shape index (κ3) is 5.98. The Morgan fingerprint density at radius 2 is 1.76 bits per heavy atom. The first kappa shape index (κ1) is 29.2. The summed E-state index contributed by atoms with van der Waals surface area (Å²) in [6, 6.07) is 21.5. The Labute approximate surface area is 245 Å². The molecule has 4 atom stereocenters. The maximum Gasteiger partial charge on any atom is 0.247 e. The third-order valence-electron chi connectivity index (χ3n) is 7.87. The molecule has 42 heavy (non-hydrogen) atoms. The minimum atomic E-state index is -1.11. The normalized spacial score (nSPS) is 20.4. The van der Waals surface area contributed by atoms with Crippen LogP contribution >= 0.6 is 0 Å². The number of carbonyl (C=O) groups excluding carboxylic acids is 2. The van der Waals surface area contributed by atoms with E-state index in [0.717, 1.165) is 16.7 Å². The number of hydrogen-bond acceptors (Lipinski definition) is 7. The second-order valence-electron chi connectivity index (χ2n) is 10.4. The molecule has 4 unspecified atom stereocenters. The Balaban J connectivity index is 1.53. The van der Waals surface area contributed by atoms with Crippen LogP contribution in [0.25, 0.3) is 0 Å². The molecular formula is C33H36N2O7. The lowest BCUT2D eigenvalue weighted by Crippen LogP contribution is -2.56. The summed E-state index contributed by atoms with van der Waals surface area (Å²) in [5, 5.41) is 23.9. The van der Waals surface area contributed by atoms with E-state index in [9.17, 15) is 19.8 Å². The van der Waals surface area contributed by atoms with Crippen LogP contribution in [-0.2, 0) is 22.4 Å². The molecule has 2 amide bonds. The van der Waals surface area contributed by atoms with Crippen molar-refractivity contribution in [1.82, 2.24) is 10.2 Å². The van der Waals surface area contributed by atoms with Crippen LogP contribution < -0.4 is 19.5 Å². The standard InChI is InChI=1S/C33H36N2O7/c1-40-23-12-13-27(41-2)22(19-23)14-16-35(29(37)18-21-8-4-3-5-9-21)26-20-25(33(39)34-15-17-36)30-24-10-6-7-11-28(24)42-32(30)31(26)38/h3-13,19-20,26,30-32,36,38H,14-18H2,1-2H3,(H,34,39). The van der Waals surface area contributed by atoms with E-state index in [-0.39, 0.29) is 37.9 Å². The molecule has 0 spiro atoms. The van der Waals surface area contributed by atoms with E-state index in [1.807, 2.05) is 66.7 Å². The number of fused-ring (bicyclic) bond motifs is 3. The van der Waals surface area contributed by atoms with Gasteiger partial charge in [0.25, 0.3) is 0 Å². The first-order valence-corrected chi connectivity index (χ1v) is 14.0. The minimum absolute atomic E-state index is 0.0789. The summed E-state index contributed by atoms with van der Waals surface area (Å²) >= 11 is 0. The van der Waals surface area contributed by atoms with E-state index in [4.69, 9.17) is 14.2 Å². The molecule has 9 heteroatoms. The number of nitrogens with one attached hydrogen (secondary N) is 1. The molecule has 0 aromatic heterocycles. The first-order valence-electron chi connectivity index (χ1n) is 14.0. The highest BCUT2D eigenvalue weighted by atomic mass is 16.5. The Morgan fingerprint density at radius 3 is 2.50 bits per heavy atom. The third-order valence-corrected chi connectivity index (χ3v) is 7.87. The number of ether oxygens (including phenoxy) is 3. The SMILES string of the molecule is COc1ccc(OC)c(CCN(C(=O)Cc2ccccc2)C2C=C(C(=O)NCCO)C3c4ccccc4OC3C2O)c1. The molecule has 9 nitrogen and oxygen atoms in total. The number of methoxy groups -OCH3 is 2. The van der Waals surface area contributed by atoms with Gasteiger partial charge in [0.15, 0.2) is 0 Å². The molecule has 220 valence electrons. The van der Waals surface area contributed by atoms with Crippen molar-refractivity contribution < 1.29 is 34.0 Å². The second-order valence-corrected chi connectivity index (χ2v) is 10.4. The van der Waals surface area contributed by atoms with Crippen LogP contribution in [0, 0.1) is 0 Å². The van der Waals surface area contributed by atoms with E-state index in [1.54, 1.807) is 31.3 Å². The van der Waals surface area contributed by atoms with Crippen LogP contribution in [0.1, 0.15) is 22.6 Å². The van der Waals surface area contributed by atoms with Gasteiger partial charge >= 0.3 is 0 Å². The molecule has 0 saturated carbocycles. The number of nitrogens with zero attached hydrogens (tertiary/aromatic N) is 1. The van der Waals surface area contributed by atoms with Gasteiger partial charge in [-0.15, -0.1) is 0 Å². The highest BCUT2D eigenvalue weighted by Gasteiger charge is 2.50. The molecule has 5 rings (SSSR count). The summed E-state index contributed by atoms with van der Waals surface area (Å²) in [6.45, 7) is 0.106. The van der Waals surface area contributed by atoms with Crippen molar-refractivity contribution in [3.8, 4) is 17.2 Å². The number of carbonyl (C=O) groups is 2. The number of amides is 2. The average molecular weight is 573 g/mol. The van der Waals surface area contributed by atoms with Crippen molar-refractivity contribution in [3.05, 3.63) is 101 Å². The molecule has 3 aromatic rings. The number of hydrogen-bond donors (Lipinski definition) is 3.